The SMILES string of the molecule is Cn1nnnc1SCCNC(=O)c1ccc([C@@H]2CCCO2)s1. The minimum Gasteiger partial charge on any atom is -0.373 e. The van der Waals surface area contributed by atoms with Crippen molar-refractivity contribution in [2.75, 3.05) is 18.9 Å². The number of nitrogens with one attached hydrogen (secondary N) is 1. The standard InChI is InChI=1S/C13H17N5O2S2/c1-18-13(15-16-17-18)21-8-6-14-12(19)11-5-4-10(22-11)9-3-2-7-20-9/h4-5,9H,2-3,6-8H2,1H3,(H,14,19)/t9-/m0/s1. The third kappa shape index (κ3) is 3.65. The summed E-state index contributed by atoms with van der Waals surface area (Å²) in [6.07, 6.45) is 2.31. The highest BCUT2D eigenvalue weighted by molar-refractivity contribution is 7.99. The summed E-state index contributed by atoms with van der Waals surface area (Å²) in [6, 6.07) is 3.87. The van der Waals surface area contributed by atoms with E-state index in [1.807, 2.05) is 12.1 Å². The van der Waals surface area contributed by atoms with Crippen molar-refractivity contribution in [1.29, 1.82) is 0 Å². The van der Waals surface area contributed by atoms with Crippen LogP contribution in [0.3, 0.4) is 0 Å². The molecule has 0 unspecified atom stereocenters. The van der Waals surface area contributed by atoms with Gasteiger partial charge in [0, 0.05) is 30.8 Å². The molecule has 1 saturated heterocycles. The quantitative estimate of drug-likeness (QED) is 0.636. The van der Waals surface area contributed by atoms with Crippen LogP contribution in [0.2, 0.25) is 0 Å². The predicted octanol–water partition coefficient (Wildman–Crippen LogP) is 1.65. The van der Waals surface area contributed by atoms with Crippen molar-refractivity contribution in [2.45, 2.75) is 24.1 Å². The largest absolute Gasteiger partial charge is 0.373 e. The van der Waals surface area contributed by atoms with E-state index in [1.54, 1.807) is 11.7 Å². The predicted molar refractivity (Wildman–Crippen MR) is 84.1 cm³/mol. The summed E-state index contributed by atoms with van der Waals surface area (Å²) in [6.45, 7) is 1.39. The van der Waals surface area contributed by atoms with Crippen LogP contribution in [0.5, 0.6) is 0 Å². The van der Waals surface area contributed by atoms with Gasteiger partial charge in [-0.25, -0.2) is 4.68 Å². The highest BCUT2D eigenvalue weighted by atomic mass is 32.2. The van der Waals surface area contributed by atoms with Crippen LogP contribution in [-0.4, -0.2) is 45.0 Å². The summed E-state index contributed by atoms with van der Waals surface area (Å²) in [7, 11) is 1.79. The fraction of sp³-hybridized carbons (Fsp3) is 0.538. The van der Waals surface area contributed by atoms with E-state index in [4.69, 9.17) is 4.74 Å². The fourth-order valence-electron chi connectivity index (χ4n) is 2.19. The third-order valence-electron chi connectivity index (χ3n) is 3.30. The Balaban J connectivity index is 1.44. The molecule has 22 heavy (non-hydrogen) atoms. The molecule has 0 bridgehead atoms. The Labute approximate surface area is 136 Å². The maximum Gasteiger partial charge on any atom is 0.261 e. The number of ether oxygens (including phenoxy) is 1. The highest BCUT2D eigenvalue weighted by Crippen LogP contribution is 2.33. The van der Waals surface area contributed by atoms with Gasteiger partial charge in [0.25, 0.3) is 5.91 Å². The van der Waals surface area contributed by atoms with Crippen LogP contribution in [0.1, 0.15) is 33.5 Å². The van der Waals surface area contributed by atoms with Crippen molar-refractivity contribution in [3.8, 4) is 0 Å². The first-order valence-corrected chi connectivity index (χ1v) is 8.89. The lowest BCUT2D eigenvalue weighted by molar-refractivity contribution is 0.0960. The zero-order valence-electron chi connectivity index (χ0n) is 12.2. The van der Waals surface area contributed by atoms with E-state index >= 15 is 0 Å². The van der Waals surface area contributed by atoms with Crippen LogP contribution in [0.4, 0.5) is 0 Å². The van der Waals surface area contributed by atoms with Gasteiger partial charge >= 0.3 is 0 Å². The van der Waals surface area contributed by atoms with E-state index in [0.717, 1.165) is 40.1 Å². The van der Waals surface area contributed by atoms with Crippen molar-refractivity contribution >= 4 is 29.0 Å². The number of carbonyl (C=O) groups excluding carboxylic acids is 1. The third-order valence-corrected chi connectivity index (χ3v) is 5.49. The normalized spacial score (nSPS) is 17.8. The summed E-state index contributed by atoms with van der Waals surface area (Å²) < 4.78 is 7.25. The molecule has 0 radical (unpaired) electrons. The Morgan fingerprint density at radius 2 is 2.50 bits per heavy atom. The van der Waals surface area contributed by atoms with Gasteiger partial charge in [0.05, 0.1) is 11.0 Å². The molecule has 2 aromatic heterocycles. The molecule has 0 saturated carbocycles. The Morgan fingerprint density at radius 3 is 3.23 bits per heavy atom. The number of amides is 1. The lowest BCUT2D eigenvalue weighted by atomic mass is 10.2. The van der Waals surface area contributed by atoms with Gasteiger partial charge in [0.2, 0.25) is 5.16 Å². The van der Waals surface area contributed by atoms with Crippen LogP contribution >= 0.6 is 23.1 Å². The van der Waals surface area contributed by atoms with Gasteiger partial charge in [-0.3, -0.25) is 4.79 Å². The molecule has 9 heteroatoms. The number of tetrazole rings is 1. The van der Waals surface area contributed by atoms with Gasteiger partial charge in [-0.2, -0.15) is 0 Å². The van der Waals surface area contributed by atoms with E-state index in [1.165, 1.54) is 23.1 Å². The summed E-state index contributed by atoms with van der Waals surface area (Å²) in [5.41, 5.74) is 0. The first-order valence-electron chi connectivity index (χ1n) is 7.09. The molecule has 0 aromatic carbocycles. The van der Waals surface area contributed by atoms with Crippen LogP contribution in [0.15, 0.2) is 17.3 Å². The monoisotopic (exact) mass is 339 g/mol. The second-order valence-electron chi connectivity index (χ2n) is 4.89. The van der Waals surface area contributed by atoms with Gasteiger partial charge < -0.3 is 10.1 Å². The number of hydrogen-bond donors (Lipinski definition) is 1. The van der Waals surface area contributed by atoms with Gasteiger partial charge in [-0.15, -0.1) is 16.4 Å². The minimum atomic E-state index is -0.0362. The maximum atomic E-state index is 12.1. The molecule has 0 aliphatic carbocycles. The van der Waals surface area contributed by atoms with Crippen LogP contribution < -0.4 is 5.32 Å². The minimum absolute atomic E-state index is 0.0362. The van der Waals surface area contributed by atoms with Crippen molar-refractivity contribution in [1.82, 2.24) is 25.5 Å². The van der Waals surface area contributed by atoms with E-state index in [9.17, 15) is 4.79 Å². The number of nitrogens with zero attached hydrogens (tertiary/aromatic N) is 4. The smallest absolute Gasteiger partial charge is 0.261 e. The molecular weight excluding hydrogens is 322 g/mol. The van der Waals surface area contributed by atoms with Gasteiger partial charge in [-0.1, -0.05) is 11.8 Å². The molecule has 1 aliphatic rings. The van der Waals surface area contributed by atoms with E-state index in [2.05, 4.69) is 20.8 Å². The summed E-state index contributed by atoms with van der Waals surface area (Å²) >= 11 is 3.03. The van der Waals surface area contributed by atoms with Crippen molar-refractivity contribution in [3.63, 3.8) is 0 Å². The number of aryl methyl sites for hydroxylation is 1. The zero-order valence-corrected chi connectivity index (χ0v) is 13.8. The Morgan fingerprint density at radius 1 is 1.59 bits per heavy atom. The molecule has 1 atom stereocenters. The lowest BCUT2D eigenvalue weighted by Gasteiger charge is -2.05. The topological polar surface area (TPSA) is 81.9 Å². The molecule has 1 fully saturated rings. The average Bonchev–Trinajstić information content (AvgIpc) is 3.24. The molecule has 3 heterocycles. The average molecular weight is 339 g/mol. The summed E-state index contributed by atoms with van der Waals surface area (Å²) in [5.74, 6) is 0.690. The van der Waals surface area contributed by atoms with E-state index in [-0.39, 0.29) is 12.0 Å². The molecule has 3 rings (SSSR count). The Bertz CT molecular complexity index is 636. The van der Waals surface area contributed by atoms with Crippen LogP contribution in [0, 0.1) is 0 Å². The first-order chi connectivity index (χ1) is 10.7. The molecule has 0 spiro atoms. The number of thioether (sulfide) groups is 1. The maximum absolute atomic E-state index is 12.1. The van der Waals surface area contributed by atoms with Gasteiger partial charge in [0.1, 0.15) is 0 Å². The van der Waals surface area contributed by atoms with Crippen molar-refractivity contribution in [3.05, 3.63) is 21.9 Å². The number of aromatic nitrogens is 4. The molecule has 7 nitrogen and oxygen atoms in total. The molecule has 118 valence electrons. The molecule has 1 amide bonds. The van der Waals surface area contributed by atoms with Crippen LogP contribution in [0.25, 0.3) is 0 Å². The van der Waals surface area contributed by atoms with Crippen molar-refractivity contribution in [2.24, 2.45) is 7.05 Å². The number of carbonyl (C=O) groups is 1. The molecule has 1 aliphatic heterocycles. The van der Waals surface area contributed by atoms with Gasteiger partial charge in [0.15, 0.2) is 0 Å². The summed E-state index contributed by atoms with van der Waals surface area (Å²) in [5, 5.41) is 14.9. The highest BCUT2D eigenvalue weighted by Gasteiger charge is 2.20. The van der Waals surface area contributed by atoms with E-state index < -0.39 is 0 Å². The van der Waals surface area contributed by atoms with E-state index in [0.29, 0.717) is 6.54 Å². The number of thiophene rings is 1. The Hall–Kier alpha value is -1.45. The first kappa shape index (κ1) is 15.4. The second-order valence-corrected chi connectivity index (χ2v) is 7.07. The molecule has 2 aromatic rings. The number of rotatable bonds is 6. The lowest BCUT2D eigenvalue weighted by Crippen LogP contribution is -2.24. The zero-order chi connectivity index (χ0) is 15.4. The number of hydrogen-bond acceptors (Lipinski definition) is 7. The summed E-state index contributed by atoms with van der Waals surface area (Å²) in [4.78, 5) is 14.0. The fourth-order valence-corrected chi connectivity index (χ4v) is 3.90. The van der Waals surface area contributed by atoms with Crippen molar-refractivity contribution < 1.29 is 9.53 Å². The molecule has 1 N–H and O–H groups in total. The Kier molecular flexibility index (Phi) is 5.06. The van der Waals surface area contributed by atoms with Crippen LogP contribution in [-0.2, 0) is 11.8 Å². The second kappa shape index (κ2) is 7.21. The molecular formula is C13H17N5O2S2. The van der Waals surface area contributed by atoms with Gasteiger partial charge in [-0.05, 0) is 35.4 Å².